The minimum Gasteiger partial charge on any atom is -0.298 e. The van der Waals surface area contributed by atoms with E-state index < -0.39 is 0 Å². The third kappa shape index (κ3) is 1.54. The van der Waals surface area contributed by atoms with E-state index in [0.717, 1.165) is 21.7 Å². The van der Waals surface area contributed by atoms with Crippen LogP contribution in [-0.4, -0.2) is 6.29 Å². The standard InChI is InChI=1S/C10H7BrOS/c1-6-2-8-3-7(5-12)4-9(11)10(8)13-6/h2-5H,1H3. The van der Waals surface area contributed by atoms with E-state index in [2.05, 4.69) is 28.9 Å². The number of thiophene rings is 1. The number of hydrogen-bond acceptors (Lipinski definition) is 2. The van der Waals surface area contributed by atoms with Gasteiger partial charge in [-0.1, -0.05) is 0 Å². The second kappa shape index (κ2) is 3.24. The van der Waals surface area contributed by atoms with E-state index in [-0.39, 0.29) is 0 Å². The van der Waals surface area contributed by atoms with Crippen LogP contribution in [-0.2, 0) is 0 Å². The summed E-state index contributed by atoms with van der Waals surface area (Å²) in [5.74, 6) is 0. The Morgan fingerprint density at radius 3 is 2.85 bits per heavy atom. The summed E-state index contributed by atoms with van der Waals surface area (Å²) >= 11 is 5.19. The quantitative estimate of drug-likeness (QED) is 0.708. The Morgan fingerprint density at radius 1 is 1.38 bits per heavy atom. The number of carbonyl (C=O) groups is 1. The van der Waals surface area contributed by atoms with Gasteiger partial charge in [-0.3, -0.25) is 4.79 Å². The molecule has 0 aliphatic rings. The molecular weight excluding hydrogens is 248 g/mol. The molecule has 0 atom stereocenters. The summed E-state index contributed by atoms with van der Waals surface area (Å²) in [5.41, 5.74) is 0.720. The SMILES string of the molecule is Cc1cc2cc(C=O)cc(Br)c2s1. The Balaban J connectivity index is 2.82. The molecule has 0 saturated carbocycles. The minimum atomic E-state index is 0.720. The van der Waals surface area contributed by atoms with Gasteiger partial charge in [0, 0.05) is 19.6 Å². The first-order valence-corrected chi connectivity index (χ1v) is 5.46. The average Bonchev–Trinajstić information content (AvgIpc) is 2.46. The molecule has 0 N–H and O–H groups in total. The highest BCUT2D eigenvalue weighted by atomic mass is 79.9. The Hall–Kier alpha value is -0.670. The normalized spacial score (nSPS) is 10.6. The van der Waals surface area contributed by atoms with E-state index in [0.29, 0.717) is 0 Å². The first-order valence-electron chi connectivity index (χ1n) is 3.85. The van der Waals surface area contributed by atoms with E-state index in [1.807, 2.05) is 12.1 Å². The molecule has 0 amide bonds. The molecule has 3 heteroatoms. The topological polar surface area (TPSA) is 17.1 Å². The lowest BCUT2D eigenvalue weighted by Gasteiger charge is -1.94. The first kappa shape index (κ1) is 8.91. The van der Waals surface area contributed by atoms with Gasteiger partial charge in [0.25, 0.3) is 0 Å². The van der Waals surface area contributed by atoms with Crippen molar-refractivity contribution >= 4 is 43.6 Å². The summed E-state index contributed by atoms with van der Waals surface area (Å²) in [7, 11) is 0. The van der Waals surface area contributed by atoms with Crippen LogP contribution in [0.3, 0.4) is 0 Å². The molecule has 66 valence electrons. The van der Waals surface area contributed by atoms with E-state index in [1.165, 1.54) is 9.58 Å². The molecule has 1 aromatic heterocycles. The predicted octanol–water partition coefficient (Wildman–Crippen LogP) is 3.78. The fraction of sp³-hybridized carbons (Fsp3) is 0.100. The van der Waals surface area contributed by atoms with Gasteiger partial charge in [-0.25, -0.2) is 0 Å². The molecule has 2 rings (SSSR count). The van der Waals surface area contributed by atoms with Crippen LogP contribution in [0.2, 0.25) is 0 Å². The molecule has 1 heterocycles. The highest BCUT2D eigenvalue weighted by Gasteiger charge is 2.04. The van der Waals surface area contributed by atoms with Gasteiger partial charge in [-0.2, -0.15) is 0 Å². The van der Waals surface area contributed by atoms with Crippen LogP contribution in [0.25, 0.3) is 10.1 Å². The molecule has 1 nitrogen and oxygen atoms in total. The maximum Gasteiger partial charge on any atom is 0.150 e. The van der Waals surface area contributed by atoms with Gasteiger partial charge in [0.2, 0.25) is 0 Å². The first-order chi connectivity index (χ1) is 6.20. The summed E-state index contributed by atoms with van der Waals surface area (Å²) in [6.07, 6.45) is 0.872. The smallest absolute Gasteiger partial charge is 0.150 e. The maximum absolute atomic E-state index is 10.6. The lowest BCUT2D eigenvalue weighted by atomic mass is 10.2. The van der Waals surface area contributed by atoms with E-state index >= 15 is 0 Å². The molecule has 0 bridgehead atoms. The van der Waals surface area contributed by atoms with Crippen LogP contribution in [0.15, 0.2) is 22.7 Å². The van der Waals surface area contributed by atoms with Crippen LogP contribution >= 0.6 is 27.3 Å². The maximum atomic E-state index is 10.6. The van der Waals surface area contributed by atoms with Crippen LogP contribution in [0.4, 0.5) is 0 Å². The average molecular weight is 255 g/mol. The number of carbonyl (C=O) groups excluding carboxylic acids is 1. The lowest BCUT2D eigenvalue weighted by Crippen LogP contribution is -1.78. The van der Waals surface area contributed by atoms with E-state index in [4.69, 9.17) is 0 Å². The van der Waals surface area contributed by atoms with Crippen molar-refractivity contribution in [1.29, 1.82) is 0 Å². The zero-order chi connectivity index (χ0) is 9.42. The third-order valence-electron chi connectivity index (χ3n) is 1.85. The van der Waals surface area contributed by atoms with Crippen molar-refractivity contribution in [2.45, 2.75) is 6.92 Å². The molecule has 0 aliphatic carbocycles. The molecule has 0 radical (unpaired) electrons. The molecule has 0 spiro atoms. The Morgan fingerprint density at radius 2 is 2.15 bits per heavy atom. The number of aryl methyl sites for hydroxylation is 1. The monoisotopic (exact) mass is 254 g/mol. The number of fused-ring (bicyclic) bond motifs is 1. The molecule has 0 saturated heterocycles. The Bertz CT molecular complexity index is 473. The third-order valence-corrected chi connectivity index (χ3v) is 3.84. The van der Waals surface area contributed by atoms with Gasteiger partial charge < -0.3 is 0 Å². The zero-order valence-corrected chi connectivity index (χ0v) is 9.41. The molecule has 0 aliphatic heterocycles. The number of benzene rings is 1. The second-order valence-corrected chi connectivity index (χ2v) is 5.01. The molecule has 0 unspecified atom stereocenters. The number of aldehydes is 1. The van der Waals surface area contributed by atoms with Gasteiger partial charge in [-0.15, -0.1) is 11.3 Å². The fourth-order valence-electron chi connectivity index (χ4n) is 1.33. The van der Waals surface area contributed by atoms with Gasteiger partial charge >= 0.3 is 0 Å². The highest BCUT2D eigenvalue weighted by molar-refractivity contribution is 9.10. The molecule has 0 fully saturated rings. The molecular formula is C10H7BrOS. The second-order valence-electron chi connectivity index (χ2n) is 2.90. The van der Waals surface area contributed by atoms with Crippen LogP contribution in [0.5, 0.6) is 0 Å². The summed E-state index contributed by atoms with van der Waals surface area (Å²) < 4.78 is 2.22. The van der Waals surface area contributed by atoms with Gasteiger partial charge in [0.15, 0.2) is 0 Å². The van der Waals surface area contributed by atoms with Crippen molar-refractivity contribution < 1.29 is 4.79 Å². The van der Waals surface area contributed by atoms with Crippen molar-refractivity contribution in [3.05, 3.63) is 33.1 Å². The minimum absolute atomic E-state index is 0.720. The van der Waals surface area contributed by atoms with Crippen molar-refractivity contribution in [1.82, 2.24) is 0 Å². The lowest BCUT2D eigenvalue weighted by molar-refractivity contribution is 0.112. The predicted molar refractivity (Wildman–Crippen MR) is 59.6 cm³/mol. The van der Waals surface area contributed by atoms with Crippen molar-refractivity contribution in [3.63, 3.8) is 0 Å². The molecule has 1 aromatic carbocycles. The van der Waals surface area contributed by atoms with Crippen LogP contribution in [0.1, 0.15) is 15.2 Å². The van der Waals surface area contributed by atoms with Crippen LogP contribution < -0.4 is 0 Å². The van der Waals surface area contributed by atoms with Gasteiger partial charge in [-0.05, 0) is 46.4 Å². The van der Waals surface area contributed by atoms with Crippen molar-refractivity contribution in [3.8, 4) is 0 Å². The summed E-state index contributed by atoms with van der Waals surface area (Å²) in [5, 5.41) is 1.14. The largest absolute Gasteiger partial charge is 0.298 e. The van der Waals surface area contributed by atoms with Gasteiger partial charge in [0.1, 0.15) is 6.29 Å². The zero-order valence-electron chi connectivity index (χ0n) is 7.00. The van der Waals surface area contributed by atoms with E-state index in [9.17, 15) is 4.79 Å². The fourth-order valence-corrected chi connectivity index (χ4v) is 2.96. The summed E-state index contributed by atoms with van der Waals surface area (Å²) in [4.78, 5) is 11.9. The van der Waals surface area contributed by atoms with E-state index in [1.54, 1.807) is 11.3 Å². The Kier molecular flexibility index (Phi) is 2.22. The molecule has 13 heavy (non-hydrogen) atoms. The molecule has 2 aromatic rings. The summed E-state index contributed by atoms with van der Waals surface area (Å²) in [6.45, 7) is 2.07. The van der Waals surface area contributed by atoms with Crippen LogP contribution in [0, 0.1) is 6.92 Å². The Labute approximate surface area is 88.5 Å². The van der Waals surface area contributed by atoms with Gasteiger partial charge in [0.05, 0.1) is 0 Å². The summed E-state index contributed by atoms with van der Waals surface area (Å²) in [6, 6.07) is 5.86. The van der Waals surface area contributed by atoms with Crippen molar-refractivity contribution in [2.75, 3.05) is 0 Å². The number of hydrogen-bond donors (Lipinski definition) is 0. The van der Waals surface area contributed by atoms with Crippen molar-refractivity contribution in [2.24, 2.45) is 0 Å². The highest BCUT2D eigenvalue weighted by Crippen LogP contribution is 2.32. The number of halogens is 1. The number of rotatable bonds is 1.